The van der Waals surface area contributed by atoms with Crippen LogP contribution in [0.1, 0.15) is 5.56 Å². The highest BCUT2D eigenvalue weighted by Gasteiger charge is 2.15. The Morgan fingerprint density at radius 2 is 2.07 bits per heavy atom. The van der Waals surface area contributed by atoms with Crippen LogP contribution in [0.3, 0.4) is 0 Å². The second kappa shape index (κ2) is 4.59. The smallest absolute Gasteiger partial charge is 0.195 e. The Balaban J connectivity index is 3.06. The van der Waals surface area contributed by atoms with Gasteiger partial charge in [0, 0.05) is 12.0 Å². The summed E-state index contributed by atoms with van der Waals surface area (Å²) >= 11 is 2.90. The first-order valence-electron chi connectivity index (χ1n) is 3.78. The highest BCUT2D eigenvalue weighted by Crippen LogP contribution is 2.36. The van der Waals surface area contributed by atoms with E-state index >= 15 is 0 Å². The number of phenols is 2. The Labute approximate surface area is 88.2 Å². The van der Waals surface area contributed by atoms with Gasteiger partial charge in [0.05, 0.1) is 11.1 Å². The average Bonchev–Trinajstić information content (AvgIpc) is 2.18. The fraction of sp³-hybridized carbons (Fsp3) is 0.250. The van der Waals surface area contributed by atoms with Crippen molar-refractivity contribution in [3.63, 3.8) is 0 Å². The highest BCUT2D eigenvalue weighted by molar-refractivity contribution is 9.10. The van der Waals surface area contributed by atoms with E-state index in [1.807, 2.05) is 0 Å². The Hall–Kier alpha value is -0.850. The van der Waals surface area contributed by atoms with E-state index < -0.39 is 17.3 Å². The lowest BCUT2D eigenvalue weighted by atomic mass is 10.1. The van der Waals surface area contributed by atoms with Crippen LogP contribution in [0, 0.1) is 5.82 Å². The van der Waals surface area contributed by atoms with Crippen molar-refractivity contribution in [3.8, 4) is 11.5 Å². The van der Waals surface area contributed by atoms with Crippen LogP contribution in [-0.4, -0.2) is 16.8 Å². The quantitative estimate of drug-likeness (QED) is 0.571. The van der Waals surface area contributed by atoms with Crippen LogP contribution in [-0.2, 0) is 11.3 Å². The van der Waals surface area contributed by atoms with Crippen LogP contribution >= 0.6 is 15.9 Å². The van der Waals surface area contributed by atoms with Gasteiger partial charge in [-0.2, -0.15) is 0 Å². The molecule has 0 aliphatic rings. The van der Waals surface area contributed by atoms with Crippen molar-refractivity contribution in [2.75, 3.05) is 6.61 Å². The SMILES string of the molecule is NOCCc1cc(Br)c(F)c(O)c1O. The van der Waals surface area contributed by atoms with Gasteiger partial charge in [-0.05, 0) is 22.0 Å². The van der Waals surface area contributed by atoms with E-state index in [2.05, 4.69) is 20.8 Å². The normalized spacial score (nSPS) is 10.5. The zero-order valence-corrected chi connectivity index (χ0v) is 8.71. The number of nitrogens with two attached hydrogens (primary N) is 1. The molecular formula is C8H9BrFNO3. The molecule has 0 unspecified atom stereocenters. The van der Waals surface area contributed by atoms with Crippen molar-refractivity contribution in [1.29, 1.82) is 0 Å². The molecule has 0 saturated carbocycles. The summed E-state index contributed by atoms with van der Waals surface area (Å²) in [5.41, 5.74) is 0.362. The molecule has 0 amide bonds. The maximum absolute atomic E-state index is 13.0. The summed E-state index contributed by atoms with van der Waals surface area (Å²) < 4.78 is 13.1. The number of hydrogen-bond donors (Lipinski definition) is 3. The third-order valence-electron chi connectivity index (χ3n) is 1.74. The first-order valence-corrected chi connectivity index (χ1v) is 4.57. The van der Waals surface area contributed by atoms with E-state index in [0.717, 1.165) is 0 Å². The number of halogens is 2. The summed E-state index contributed by atoms with van der Waals surface area (Å²) in [5, 5.41) is 18.5. The van der Waals surface area contributed by atoms with E-state index in [1.54, 1.807) is 0 Å². The van der Waals surface area contributed by atoms with Gasteiger partial charge in [-0.1, -0.05) is 0 Å². The third kappa shape index (κ3) is 2.14. The Morgan fingerprint density at radius 3 is 2.64 bits per heavy atom. The van der Waals surface area contributed by atoms with E-state index in [4.69, 9.17) is 11.0 Å². The average molecular weight is 266 g/mol. The van der Waals surface area contributed by atoms with Crippen molar-refractivity contribution < 1.29 is 19.4 Å². The molecule has 4 nitrogen and oxygen atoms in total. The van der Waals surface area contributed by atoms with Crippen LogP contribution < -0.4 is 5.90 Å². The van der Waals surface area contributed by atoms with Gasteiger partial charge < -0.3 is 15.1 Å². The monoisotopic (exact) mass is 265 g/mol. The lowest BCUT2D eigenvalue weighted by Gasteiger charge is -2.07. The molecule has 0 fully saturated rings. The molecule has 78 valence electrons. The highest BCUT2D eigenvalue weighted by atomic mass is 79.9. The Kier molecular flexibility index (Phi) is 3.68. The van der Waals surface area contributed by atoms with E-state index in [0.29, 0.717) is 5.56 Å². The molecule has 6 heteroatoms. The summed E-state index contributed by atoms with van der Waals surface area (Å²) in [7, 11) is 0. The number of rotatable bonds is 3. The molecule has 0 aromatic heterocycles. The van der Waals surface area contributed by atoms with E-state index in [9.17, 15) is 9.50 Å². The van der Waals surface area contributed by atoms with Crippen LogP contribution in [0.2, 0.25) is 0 Å². The topological polar surface area (TPSA) is 75.7 Å². The molecule has 0 spiro atoms. The summed E-state index contributed by atoms with van der Waals surface area (Å²) in [5.74, 6) is 2.66. The van der Waals surface area contributed by atoms with Gasteiger partial charge in [0.1, 0.15) is 0 Å². The molecule has 0 radical (unpaired) electrons. The largest absolute Gasteiger partial charge is 0.504 e. The number of hydrogen-bond acceptors (Lipinski definition) is 4. The standard InChI is InChI=1S/C8H9BrFNO3/c9-5-3-4(1-2-14-11)7(12)8(13)6(5)10/h3,12-13H,1-2,11H2. The first-order chi connectivity index (χ1) is 6.57. The molecular weight excluding hydrogens is 257 g/mol. The van der Waals surface area contributed by atoms with Gasteiger partial charge >= 0.3 is 0 Å². The molecule has 0 heterocycles. The fourth-order valence-electron chi connectivity index (χ4n) is 1.01. The number of aromatic hydroxyl groups is 2. The van der Waals surface area contributed by atoms with Gasteiger partial charge in [-0.25, -0.2) is 10.3 Å². The molecule has 14 heavy (non-hydrogen) atoms. The molecule has 4 N–H and O–H groups in total. The minimum absolute atomic E-state index is 0.0832. The van der Waals surface area contributed by atoms with Gasteiger partial charge in [0.15, 0.2) is 17.3 Å². The third-order valence-corrected chi connectivity index (χ3v) is 2.31. The van der Waals surface area contributed by atoms with Crippen molar-refractivity contribution in [3.05, 3.63) is 21.9 Å². The second-order valence-electron chi connectivity index (χ2n) is 2.65. The Bertz CT molecular complexity index is 346. The van der Waals surface area contributed by atoms with E-state index in [-0.39, 0.29) is 17.5 Å². The van der Waals surface area contributed by atoms with Crippen molar-refractivity contribution >= 4 is 15.9 Å². The van der Waals surface area contributed by atoms with Gasteiger partial charge in [0.2, 0.25) is 0 Å². The summed E-state index contributed by atoms with van der Waals surface area (Å²) in [6, 6.07) is 1.36. The zero-order chi connectivity index (χ0) is 10.7. The van der Waals surface area contributed by atoms with Crippen LogP contribution in [0.15, 0.2) is 10.5 Å². The van der Waals surface area contributed by atoms with Gasteiger partial charge in [0.25, 0.3) is 0 Å². The predicted molar refractivity (Wildman–Crippen MR) is 51.3 cm³/mol. The van der Waals surface area contributed by atoms with Gasteiger partial charge in [-0.3, -0.25) is 0 Å². The summed E-state index contributed by atoms with van der Waals surface area (Å²) in [4.78, 5) is 4.31. The van der Waals surface area contributed by atoms with Crippen molar-refractivity contribution in [2.24, 2.45) is 5.90 Å². The molecule has 0 saturated heterocycles. The lowest BCUT2D eigenvalue weighted by molar-refractivity contribution is 0.140. The molecule has 1 aromatic rings. The van der Waals surface area contributed by atoms with Crippen molar-refractivity contribution in [2.45, 2.75) is 6.42 Å². The zero-order valence-electron chi connectivity index (χ0n) is 7.13. The van der Waals surface area contributed by atoms with Crippen LogP contribution in [0.4, 0.5) is 4.39 Å². The van der Waals surface area contributed by atoms with Crippen LogP contribution in [0.25, 0.3) is 0 Å². The lowest BCUT2D eigenvalue weighted by Crippen LogP contribution is -2.04. The number of benzene rings is 1. The number of phenolic OH excluding ortho intramolecular Hbond substituents is 2. The molecule has 1 rings (SSSR count). The Morgan fingerprint density at radius 1 is 1.43 bits per heavy atom. The maximum atomic E-state index is 13.0. The minimum atomic E-state index is -0.889. The predicted octanol–water partition coefficient (Wildman–Crippen LogP) is 1.43. The maximum Gasteiger partial charge on any atom is 0.195 e. The first kappa shape index (κ1) is 11.2. The molecule has 1 aromatic carbocycles. The summed E-state index contributed by atoms with van der Waals surface area (Å²) in [6.07, 6.45) is 0.286. The molecule has 0 atom stereocenters. The second-order valence-corrected chi connectivity index (χ2v) is 3.50. The molecule has 0 bridgehead atoms. The van der Waals surface area contributed by atoms with Gasteiger partial charge in [-0.15, -0.1) is 0 Å². The van der Waals surface area contributed by atoms with Crippen LogP contribution in [0.5, 0.6) is 11.5 Å². The van der Waals surface area contributed by atoms with Crippen molar-refractivity contribution in [1.82, 2.24) is 0 Å². The minimum Gasteiger partial charge on any atom is -0.504 e. The molecule has 0 aliphatic heterocycles. The fourth-order valence-corrected chi connectivity index (χ4v) is 1.48. The molecule has 0 aliphatic carbocycles. The summed E-state index contributed by atoms with van der Waals surface area (Å²) in [6.45, 7) is 0.172. The van der Waals surface area contributed by atoms with E-state index in [1.165, 1.54) is 6.07 Å².